The van der Waals surface area contributed by atoms with E-state index in [9.17, 15) is 19.2 Å². The predicted octanol–water partition coefficient (Wildman–Crippen LogP) is 0.165. The molecule has 3 N–H and O–H groups in total. The van der Waals surface area contributed by atoms with E-state index in [1.807, 2.05) is 0 Å². The number of hydrogen-bond acceptors (Lipinski definition) is 8. The first-order chi connectivity index (χ1) is 11.2. The van der Waals surface area contributed by atoms with Gasteiger partial charge < -0.3 is 20.1 Å². The molecule has 0 rings (SSSR count). The van der Waals surface area contributed by atoms with Gasteiger partial charge in [-0.25, -0.2) is 9.59 Å². The number of carboxylic acids is 2. The Morgan fingerprint density at radius 1 is 0.917 bits per heavy atom. The number of ether oxygens (including phenoxy) is 1. The molecule has 24 heavy (non-hydrogen) atoms. The van der Waals surface area contributed by atoms with Crippen LogP contribution in [0.5, 0.6) is 0 Å². The van der Waals surface area contributed by atoms with Crippen LogP contribution < -0.4 is 0 Å². The maximum atomic E-state index is 11.6. The van der Waals surface area contributed by atoms with Crippen molar-refractivity contribution in [3.63, 3.8) is 0 Å². The van der Waals surface area contributed by atoms with Crippen LogP contribution in [-0.2, 0) is 33.7 Å². The third kappa shape index (κ3) is 9.33. The quantitative estimate of drug-likeness (QED) is 0.146. The van der Waals surface area contributed by atoms with Gasteiger partial charge in [0.15, 0.2) is 0 Å². The molecule has 0 spiro atoms. The highest BCUT2D eigenvalue weighted by atomic mass is 17.2. The zero-order valence-corrected chi connectivity index (χ0v) is 12.7. The number of aliphatic hydroxyl groups excluding tert-OH is 1. The largest absolute Gasteiger partial charge is 0.481 e. The monoisotopic (exact) mass is 346 g/mol. The van der Waals surface area contributed by atoms with Crippen LogP contribution in [0.15, 0.2) is 24.3 Å². The van der Waals surface area contributed by atoms with Gasteiger partial charge in [0.2, 0.25) is 6.29 Å². The minimum absolute atomic E-state index is 0.0682. The summed E-state index contributed by atoms with van der Waals surface area (Å²) >= 11 is 0. The SMILES string of the molecule is C=C(CC(=O)O)C(=O)OOC(CCCO)OC(=O)C(=C)CC(=O)O. The number of carbonyl (C=O) groups excluding carboxylic acids is 2. The van der Waals surface area contributed by atoms with Crippen molar-refractivity contribution in [1.82, 2.24) is 0 Å². The van der Waals surface area contributed by atoms with Gasteiger partial charge in [0.05, 0.1) is 12.8 Å². The molecule has 1 unspecified atom stereocenters. The lowest BCUT2D eigenvalue weighted by Crippen LogP contribution is -2.25. The Labute approximate surface area is 136 Å². The molecule has 0 fully saturated rings. The summed E-state index contributed by atoms with van der Waals surface area (Å²) in [5, 5.41) is 25.8. The van der Waals surface area contributed by atoms with Gasteiger partial charge in [0.25, 0.3) is 0 Å². The molecular formula is C14H18O10. The van der Waals surface area contributed by atoms with Crippen LogP contribution in [0, 0.1) is 0 Å². The van der Waals surface area contributed by atoms with Crippen LogP contribution in [-0.4, -0.2) is 52.1 Å². The fourth-order valence-corrected chi connectivity index (χ4v) is 1.25. The van der Waals surface area contributed by atoms with E-state index in [0.717, 1.165) is 0 Å². The van der Waals surface area contributed by atoms with Gasteiger partial charge in [0.1, 0.15) is 0 Å². The molecule has 1 atom stereocenters. The van der Waals surface area contributed by atoms with Gasteiger partial charge in [0, 0.05) is 24.2 Å². The molecule has 0 aliphatic rings. The van der Waals surface area contributed by atoms with Crippen molar-refractivity contribution >= 4 is 23.9 Å². The summed E-state index contributed by atoms with van der Waals surface area (Å²) < 4.78 is 4.77. The van der Waals surface area contributed by atoms with Crippen molar-refractivity contribution in [2.24, 2.45) is 0 Å². The van der Waals surface area contributed by atoms with Gasteiger partial charge in [-0.15, -0.1) is 4.89 Å². The Morgan fingerprint density at radius 2 is 1.42 bits per heavy atom. The summed E-state index contributed by atoms with van der Waals surface area (Å²) in [5.74, 6) is -4.85. The molecule has 0 aliphatic carbocycles. The van der Waals surface area contributed by atoms with E-state index in [4.69, 9.17) is 20.1 Å². The van der Waals surface area contributed by atoms with Crippen molar-refractivity contribution in [3.8, 4) is 0 Å². The normalized spacial score (nSPS) is 11.2. The van der Waals surface area contributed by atoms with Crippen LogP contribution in [0.2, 0.25) is 0 Å². The van der Waals surface area contributed by atoms with E-state index in [1.54, 1.807) is 0 Å². The number of carbonyl (C=O) groups is 4. The number of hydrogen-bond donors (Lipinski definition) is 3. The van der Waals surface area contributed by atoms with Crippen molar-refractivity contribution in [3.05, 3.63) is 24.3 Å². The van der Waals surface area contributed by atoms with Gasteiger partial charge in [-0.3, -0.25) is 14.5 Å². The number of rotatable bonds is 12. The lowest BCUT2D eigenvalue weighted by molar-refractivity contribution is -0.342. The van der Waals surface area contributed by atoms with E-state index < -0.39 is 48.6 Å². The molecule has 0 aromatic heterocycles. The van der Waals surface area contributed by atoms with E-state index in [2.05, 4.69) is 22.9 Å². The van der Waals surface area contributed by atoms with Gasteiger partial charge in [-0.1, -0.05) is 13.2 Å². The van der Waals surface area contributed by atoms with E-state index in [0.29, 0.717) is 0 Å². The zero-order valence-electron chi connectivity index (χ0n) is 12.7. The van der Waals surface area contributed by atoms with Crippen LogP contribution in [0.25, 0.3) is 0 Å². The molecule has 0 saturated carbocycles. The number of carboxylic acid groups (broad SMARTS) is 2. The summed E-state index contributed by atoms with van der Waals surface area (Å²) in [7, 11) is 0. The highest BCUT2D eigenvalue weighted by molar-refractivity contribution is 5.93. The number of aliphatic hydroxyl groups is 1. The summed E-state index contributed by atoms with van der Waals surface area (Å²) in [6.45, 7) is 6.16. The van der Waals surface area contributed by atoms with Crippen LogP contribution in [0.1, 0.15) is 25.7 Å². The zero-order chi connectivity index (χ0) is 18.7. The van der Waals surface area contributed by atoms with Gasteiger partial charge in [-0.05, 0) is 6.42 Å². The summed E-state index contributed by atoms with van der Waals surface area (Å²) in [6.07, 6.45) is -2.70. The summed E-state index contributed by atoms with van der Waals surface area (Å²) in [6, 6.07) is 0. The molecule has 10 nitrogen and oxygen atoms in total. The third-order valence-electron chi connectivity index (χ3n) is 2.37. The highest BCUT2D eigenvalue weighted by Gasteiger charge is 2.22. The smallest absolute Gasteiger partial charge is 0.369 e. The molecular weight excluding hydrogens is 328 g/mol. The highest BCUT2D eigenvalue weighted by Crippen LogP contribution is 2.11. The van der Waals surface area contributed by atoms with Crippen molar-refractivity contribution < 1.29 is 49.0 Å². The predicted molar refractivity (Wildman–Crippen MR) is 76.2 cm³/mol. The van der Waals surface area contributed by atoms with Crippen LogP contribution in [0.4, 0.5) is 0 Å². The molecule has 10 heteroatoms. The van der Waals surface area contributed by atoms with Crippen molar-refractivity contribution in [2.45, 2.75) is 32.0 Å². The molecule has 0 amide bonds. The summed E-state index contributed by atoms with van der Waals surface area (Å²) in [5.41, 5.74) is -0.758. The van der Waals surface area contributed by atoms with Crippen molar-refractivity contribution in [1.29, 1.82) is 0 Å². The van der Waals surface area contributed by atoms with E-state index >= 15 is 0 Å². The molecule has 0 saturated heterocycles. The third-order valence-corrected chi connectivity index (χ3v) is 2.37. The Bertz CT molecular complexity index is 522. The average Bonchev–Trinajstić information content (AvgIpc) is 2.47. The van der Waals surface area contributed by atoms with E-state index in [1.165, 1.54) is 0 Å². The summed E-state index contributed by atoms with van der Waals surface area (Å²) in [4.78, 5) is 52.9. The van der Waals surface area contributed by atoms with E-state index in [-0.39, 0.29) is 25.0 Å². The Hall–Kier alpha value is -2.72. The van der Waals surface area contributed by atoms with Gasteiger partial charge >= 0.3 is 23.9 Å². The topological polar surface area (TPSA) is 157 Å². The fourth-order valence-electron chi connectivity index (χ4n) is 1.25. The maximum Gasteiger partial charge on any atom is 0.369 e. The average molecular weight is 346 g/mol. The number of esters is 1. The molecule has 0 aliphatic heterocycles. The standard InChI is InChI=1S/C14H18O10/c1-8(6-10(16)17)13(20)22-12(4-3-5-15)23-24-14(21)9(2)7-11(18)19/h12,15H,1-7H2,(H,16,17)(H,18,19). The van der Waals surface area contributed by atoms with Crippen LogP contribution in [0.3, 0.4) is 0 Å². The second kappa shape index (κ2) is 10.9. The lowest BCUT2D eigenvalue weighted by atomic mass is 10.2. The molecule has 0 bridgehead atoms. The second-order valence-corrected chi connectivity index (χ2v) is 4.52. The maximum absolute atomic E-state index is 11.6. The Kier molecular flexibility index (Phi) is 9.68. The first-order valence-electron chi connectivity index (χ1n) is 6.66. The molecule has 0 heterocycles. The molecule has 134 valence electrons. The molecule has 0 aromatic carbocycles. The lowest BCUT2D eigenvalue weighted by Gasteiger charge is -2.16. The Balaban J connectivity index is 4.60. The van der Waals surface area contributed by atoms with Crippen molar-refractivity contribution in [2.75, 3.05) is 6.61 Å². The number of aliphatic carboxylic acids is 2. The van der Waals surface area contributed by atoms with Gasteiger partial charge in [-0.2, -0.15) is 0 Å². The molecule has 0 radical (unpaired) electrons. The Morgan fingerprint density at radius 3 is 1.88 bits per heavy atom. The fraction of sp³-hybridized carbons (Fsp3) is 0.429. The van der Waals surface area contributed by atoms with Crippen LogP contribution >= 0.6 is 0 Å². The second-order valence-electron chi connectivity index (χ2n) is 4.52. The first kappa shape index (κ1) is 21.3. The minimum Gasteiger partial charge on any atom is -0.481 e. The molecule has 0 aromatic rings. The first-order valence-corrected chi connectivity index (χ1v) is 6.66. The minimum atomic E-state index is -1.43.